The van der Waals surface area contributed by atoms with Crippen LogP contribution >= 0.6 is 0 Å². The zero-order valence-electron chi connectivity index (χ0n) is 13.1. The lowest BCUT2D eigenvalue weighted by Crippen LogP contribution is -2.35. The Bertz CT molecular complexity index is 821. The molecule has 0 radical (unpaired) electrons. The highest BCUT2D eigenvalue weighted by molar-refractivity contribution is 6.24. The van der Waals surface area contributed by atoms with Crippen molar-refractivity contribution in [2.45, 2.75) is 19.8 Å². The van der Waals surface area contributed by atoms with Crippen LogP contribution in [0.2, 0.25) is 0 Å². The van der Waals surface area contributed by atoms with Gasteiger partial charge >= 0.3 is 0 Å². The maximum Gasteiger partial charge on any atom is 0.293 e. The SMILES string of the molecule is Cc1ccc(N2C(=O)[C@@H]3[C@@H](C2=O)[C@@H]2C=C[C@H]3C23CC3)c([N+](=O)[O-])c1. The lowest BCUT2D eigenvalue weighted by Gasteiger charge is -2.21. The van der Waals surface area contributed by atoms with Gasteiger partial charge in [0.25, 0.3) is 5.69 Å². The zero-order valence-corrected chi connectivity index (χ0v) is 13.1. The van der Waals surface area contributed by atoms with Crippen LogP contribution in [-0.4, -0.2) is 16.7 Å². The van der Waals surface area contributed by atoms with Crippen molar-refractivity contribution in [2.24, 2.45) is 29.1 Å². The fraction of sp³-hybridized carbons (Fsp3) is 0.444. The Labute approximate surface area is 138 Å². The van der Waals surface area contributed by atoms with Crippen molar-refractivity contribution in [2.75, 3.05) is 4.90 Å². The Kier molecular flexibility index (Phi) is 2.39. The van der Waals surface area contributed by atoms with Crippen LogP contribution in [0.3, 0.4) is 0 Å². The first-order valence-electron chi connectivity index (χ1n) is 8.27. The summed E-state index contributed by atoms with van der Waals surface area (Å²) in [5.41, 5.74) is 0.784. The predicted molar refractivity (Wildman–Crippen MR) is 85.1 cm³/mol. The van der Waals surface area contributed by atoms with E-state index < -0.39 is 4.92 Å². The first kappa shape index (κ1) is 13.9. The van der Waals surface area contributed by atoms with Gasteiger partial charge < -0.3 is 0 Å². The normalized spacial score (nSPS) is 34.3. The fourth-order valence-electron chi connectivity index (χ4n) is 5.28. The van der Waals surface area contributed by atoms with Crippen molar-refractivity contribution >= 4 is 23.2 Å². The molecule has 3 aliphatic carbocycles. The number of hydrogen-bond donors (Lipinski definition) is 0. The summed E-state index contributed by atoms with van der Waals surface area (Å²) in [6, 6.07) is 4.64. The van der Waals surface area contributed by atoms with Gasteiger partial charge in [-0.25, -0.2) is 4.90 Å². The molecule has 1 aromatic carbocycles. The molecule has 24 heavy (non-hydrogen) atoms. The molecule has 3 fully saturated rings. The lowest BCUT2D eigenvalue weighted by molar-refractivity contribution is -0.384. The number of allylic oxidation sites excluding steroid dienone is 2. The monoisotopic (exact) mass is 324 g/mol. The van der Waals surface area contributed by atoms with Crippen LogP contribution < -0.4 is 4.90 Å². The number of carbonyl (C=O) groups is 2. The number of nitro benzene ring substituents is 1. The number of aryl methyl sites for hydroxylation is 1. The first-order chi connectivity index (χ1) is 11.5. The summed E-state index contributed by atoms with van der Waals surface area (Å²) in [5, 5.41) is 11.4. The molecule has 6 nitrogen and oxygen atoms in total. The van der Waals surface area contributed by atoms with Gasteiger partial charge in [-0.05, 0) is 48.6 Å². The second kappa shape index (κ2) is 4.12. The van der Waals surface area contributed by atoms with E-state index in [9.17, 15) is 19.7 Å². The molecule has 2 bridgehead atoms. The number of nitro groups is 1. The van der Waals surface area contributed by atoms with Crippen LogP contribution in [0, 0.1) is 46.1 Å². The largest absolute Gasteiger partial charge is 0.293 e. The van der Waals surface area contributed by atoms with Crippen LogP contribution in [0.5, 0.6) is 0 Å². The Morgan fingerprint density at radius 1 is 1.12 bits per heavy atom. The quantitative estimate of drug-likeness (QED) is 0.362. The molecule has 5 rings (SSSR count). The van der Waals surface area contributed by atoms with Gasteiger partial charge in [0.05, 0.1) is 16.8 Å². The third-order valence-electron chi connectivity index (χ3n) is 6.42. The van der Waals surface area contributed by atoms with E-state index in [1.165, 1.54) is 12.1 Å². The van der Waals surface area contributed by atoms with Crippen LogP contribution in [0.15, 0.2) is 30.4 Å². The number of rotatable bonds is 2. The minimum absolute atomic E-state index is 0.110. The minimum atomic E-state index is -0.522. The van der Waals surface area contributed by atoms with Gasteiger partial charge in [0.2, 0.25) is 11.8 Å². The average molecular weight is 324 g/mol. The molecule has 6 heteroatoms. The molecule has 2 amide bonds. The van der Waals surface area contributed by atoms with Gasteiger partial charge in [-0.15, -0.1) is 0 Å². The third kappa shape index (κ3) is 1.42. The standard InChI is InChI=1S/C18H16N2O4/c1-9-2-5-12(13(8-9)20(23)24)19-16(21)14-10-3-4-11(15(14)17(19)22)18(10)6-7-18/h2-5,8,10-11,14-15H,6-7H2,1H3/t10-,11+,14-,15-/m0/s1. The van der Waals surface area contributed by atoms with Gasteiger partial charge in [-0.3, -0.25) is 19.7 Å². The maximum atomic E-state index is 13.0. The van der Waals surface area contributed by atoms with Crippen molar-refractivity contribution in [3.05, 3.63) is 46.0 Å². The van der Waals surface area contributed by atoms with Crippen molar-refractivity contribution in [3.63, 3.8) is 0 Å². The van der Waals surface area contributed by atoms with Crippen molar-refractivity contribution in [1.82, 2.24) is 0 Å². The van der Waals surface area contributed by atoms with Crippen LogP contribution in [0.4, 0.5) is 11.4 Å². The number of carbonyl (C=O) groups excluding carboxylic acids is 2. The number of hydrogen-bond acceptors (Lipinski definition) is 4. The molecule has 2 saturated carbocycles. The van der Waals surface area contributed by atoms with E-state index in [-0.39, 0.29) is 52.3 Å². The smallest absolute Gasteiger partial charge is 0.274 e. The highest BCUT2D eigenvalue weighted by Gasteiger charge is 2.73. The lowest BCUT2D eigenvalue weighted by atomic mass is 9.85. The van der Waals surface area contributed by atoms with Crippen LogP contribution in [0.1, 0.15) is 18.4 Å². The number of benzene rings is 1. The Balaban J connectivity index is 1.60. The minimum Gasteiger partial charge on any atom is -0.274 e. The van der Waals surface area contributed by atoms with E-state index in [1.807, 2.05) is 0 Å². The molecule has 4 aliphatic rings. The van der Waals surface area contributed by atoms with Gasteiger partial charge in [0.1, 0.15) is 5.69 Å². The van der Waals surface area contributed by atoms with E-state index in [1.54, 1.807) is 13.0 Å². The average Bonchev–Trinajstić information content (AvgIpc) is 3.14. The molecule has 0 unspecified atom stereocenters. The molecule has 0 aromatic heterocycles. The third-order valence-corrected chi connectivity index (χ3v) is 6.42. The molecule has 1 saturated heterocycles. The van der Waals surface area contributed by atoms with Crippen LogP contribution in [-0.2, 0) is 9.59 Å². The highest BCUT2D eigenvalue weighted by atomic mass is 16.6. The summed E-state index contributed by atoms with van der Waals surface area (Å²) in [6.45, 7) is 1.75. The van der Waals surface area contributed by atoms with E-state index in [4.69, 9.17) is 0 Å². The number of amides is 2. The van der Waals surface area contributed by atoms with Gasteiger partial charge in [0, 0.05) is 6.07 Å². The van der Waals surface area contributed by atoms with E-state index in [0.717, 1.165) is 23.3 Å². The van der Waals surface area contributed by atoms with E-state index in [0.29, 0.717) is 0 Å². The summed E-state index contributed by atoms with van der Waals surface area (Å²) < 4.78 is 0. The van der Waals surface area contributed by atoms with Gasteiger partial charge in [-0.2, -0.15) is 0 Å². The van der Waals surface area contributed by atoms with Gasteiger partial charge in [-0.1, -0.05) is 18.2 Å². The van der Waals surface area contributed by atoms with E-state index in [2.05, 4.69) is 12.2 Å². The van der Waals surface area contributed by atoms with Crippen molar-refractivity contribution in [3.8, 4) is 0 Å². The first-order valence-corrected chi connectivity index (χ1v) is 8.27. The van der Waals surface area contributed by atoms with Crippen LogP contribution in [0.25, 0.3) is 0 Å². The molecule has 1 aliphatic heterocycles. The second-order valence-electron chi connectivity index (χ2n) is 7.48. The maximum absolute atomic E-state index is 13.0. The predicted octanol–water partition coefficient (Wildman–Crippen LogP) is 2.60. The second-order valence-corrected chi connectivity index (χ2v) is 7.48. The Morgan fingerprint density at radius 2 is 1.71 bits per heavy atom. The summed E-state index contributed by atoms with van der Waals surface area (Å²) >= 11 is 0. The van der Waals surface area contributed by atoms with Gasteiger partial charge in [0.15, 0.2) is 0 Å². The topological polar surface area (TPSA) is 80.5 Å². The molecule has 4 atom stereocenters. The molecule has 122 valence electrons. The van der Waals surface area contributed by atoms with Crippen molar-refractivity contribution < 1.29 is 14.5 Å². The Hall–Kier alpha value is -2.50. The summed E-state index contributed by atoms with van der Waals surface area (Å²) in [4.78, 5) is 38.0. The fourth-order valence-corrected chi connectivity index (χ4v) is 5.28. The zero-order chi connectivity index (χ0) is 16.8. The molecule has 0 N–H and O–H groups in total. The molecular weight excluding hydrogens is 308 g/mol. The number of nitrogens with zero attached hydrogens (tertiary/aromatic N) is 2. The number of fused-ring (bicyclic) bond motifs is 3. The summed E-state index contributed by atoms with van der Waals surface area (Å²) in [5.74, 6) is -0.955. The number of imide groups is 1. The molecule has 1 heterocycles. The summed E-state index contributed by atoms with van der Waals surface area (Å²) in [7, 11) is 0. The summed E-state index contributed by atoms with van der Waals surface area (Å²) in [6.07, 6.45) is 6.34. The number of anilines is 1. The molecular formula is C18H16N2O4. The molecule has 1 spiro atoms. The van der Waals surface area contributed by atoms with Crippen molar-refractivity contribution in [1.29, 1.82) is 0 Å². The Morgan fingerprint density at radius 3 is 2.21 bits per heavy atom. The highest BCUT2D eigenvalue weighted by Crippen LogP contribution is 2.73. The van der Waals surface area contributed by atoms with E-state index >= 15 is 0 Å². The molecule has 1 aromatic rings.